The van der Waals surface area contributed by atoms with E-state index in [0.717, 1.165) is 0 Å². The number of aromatic nitrogens is 1. The number of rotatable bonds is 8. The normalized spacial score (nSPS) is 28.5. The van der Waals surface area contributed by atoms with Crippen molar-refractivity contribution in [2.45, 2.75) is 132 Å². The number of amides is 4. The van der Waals surface area contributed by atoms with Crippen molar-refractivity contribution in [2.24, 2.45) is 11.8 Å². The average molecular weight is 866 g/mol. The number of aryl methyl sites for hydroxylation is 1. The second-order valence-electron chi connectivity index (χ2n) is 17.4. The summed E-state index contributed by atoms with van der Waals surface area (Å²) in [5, 5.41) is 5.72. The molecule has 4 amide bonds. The van der Waals surface area contributed by atoms with Gasteiger partial charge in [-0.1, -0.05) is 38.8 Å². The maximum absolute atomic E-state index is 14.8. The van der Waals surface area contributed by atoms with Crippen LogP contribution >= 0.6 is 0 Å². The minimum absolute atomic E-state index is 0.0109. The highest BCUT2D eigenvalue weighted by atomic mass is 32.2. The number of hydrogen-bond donors (Lipinski definition) is 3. The lowest BCUT2D eigenvalue weighted by atomic mass is 9.65. The molecule has 328 valence electrons. The van der Waals surface area contributed by atoms with E-state index >= 15 is 0 Å². The van der Waals surface area contributed by atoms with E-state index in [4.69, 9.17) is 14.2 Å². The van der Waals surface area contributed by atoms with Crippen LogP contribution in [0.1, 0.15) is 103 Å². The Kier molecular flexibility index (Phi) is 11.8. The van der Waals surface area contributed by atoms with Gasteiger partial charge in [-0.25, -0.2) is 22.6 Å². The highest BCUT2D eigenvalue weighted by molar-refractivity contribution is 7.91. The molecule has 1 saturated heterocycles. The number of alkyl carbamates (subject to hydrolysis) is 1. The number of fused-ring (bicyclic) bond motifs is 5. The van der Waals surface area contributed by atoms with E-state index in [0.29, 0.717) is 44.9 Å². The molecule has 5 atom stereocenters. The minimum atomic E-state index is -4.99. The molecule has 2 aliphatic carbocycles. The predicted octanol–water partition coefficient (Wildman–Crippen LogP) is 5.76. The van der Waals surface area contributed by atoms with Crippen LogP contribution in [-0.2, 0) is 41.7 Å². The minimum Gasteiger partial charge on any atom is -0.483 e. The number of carbonyl (C=O) groups is 4. The first kappa shape index (κ1) is 43.4. The quantitative estimate of drug-likeness (QED) is 0.218. The molecule has 4 heterocycles. The van der Waals surface area contributed by atoms with Crippen molar-refractivity contribution < 1.29 is 59.4 Å². The van der Waals surface area contributed by atoms with E-state index < -0.39 is 92.2 Å². The number of ether oxygens (including phenoxy) is 3. The van der Waals surface area contributed by atoms with Crippen LogP contribution in [0, 0.1) is 11.8 Å². The summed E-state index contributed by atoms with van der Waals surface area (Å²) < 4.78 is 102. The zero-order valence-corrected chi connectivity index (χ0v) is 34.6. The number of benzene rings is 1. The van der Waals surface area contributed by atoms with Crippen molar-refractivity contribution in [3.05, 3.63) is 41.6 Å². The monoisotopic (exact) mass is 865 g/mol. The molecule has 1 aromatic carbocycles. The van der Waals surface area contributed by atoms with Crippen LogP contribution in [0.4, 0.5) is 22.4 Å². The van der Waals surface area contributed by atoms with E-state index in [9.17, 15) is 45.2 Å². The maximum atomic E-state index is 14.8. The number of halogens is 4. The van der Waals surface area contributed by atoms with Gasteiger partial charge in [0.05, 0.1) is 23.4 Å². The summed E-state index contributed by atoms with van der Waals surface area (Å²) in [5.41, 5.74) is -4.51. The Morgan fingerprint density at radius 1 is 1.10 bits per heavy atom. The second-order valence-corrected chi connectivity index (χ2v) is 19.6. The van der Waals surface area contributed by atoms with Gasteiger partial charge in [0, 0.05) is 23.3 Å². The first-order chi connectivity index (χ1) is 28.3. The Balaban J connectivity index is 1.28. The molecule has 0 bridgehead atoms. The lowest BCUT2D eigenvalue weighted by molar-refractivity contribution is -0.145. The van der Waals surface area contributed by atoms with Crippen molar-refractivity contribution in [1.82, 2.24) is 25.2 Å². The van der Waals surface area contributed by atoms with Crippen LogP contribution < -0.4 is 24.8 Å². The molecule has 3 fully saturated rings. The van der Waals surface area contributed by atoms with E-state index in [1.165, 1.54) is 30.0 Å². The van der Waals surface area contributed by atoms with Crippen molar-refractivity contribution in [3.8, 4) is 11.5 Å². The molecule has 19 heteroatoms. The fraction of sp³-hybridized carbons (Fsp3) is 0.634. The number of hydrogen-bond acceptors (Lipinski definition) is 10. The van der Waals surface area contributed by atoms with Gasteiger partial charge in [-0.15, -0.1) is 0 Å². The van der Waals surface area contributed by atoms with Gasteiger partial charge < -0.3 is 29.7 Å². The van der Waals surface area contributed by atoms with Crippen LogP contribution in [0.15, 0.2) is 30.4 Å². The summed E-state index contributed by atoms with van der Waals surface area (Å²) in [6.45, 7) is 3.72. The van der Waals surface area contributed by atoms with Crippen LogP contribution in [0.5, 0.6) is 11.5 Å². The van der Waals surface area contributed by atoms with Crippen molar-refractivity contribution in [3.63, 3.8) is 0 Å². The van der Waals surface area contributed by atoms with E-state index in [2.05, 4.69) is 20.3 Å². The molecule has 14 nitrogen and oxygen atoms in total. The Morgan fingerprint density at radius 3 is 2.53 bits per heavy atom. The SMILES string of the molecule is CC(C)COC(=O)N[C@H]1CCCCC/C=C\[C@@H]2CC[C@@]2(C(=O)NS(=O)(=O)C2(C)CC2)NC(=O)[C@@H]2C[C@]3(CCc4c(c(C(F)(F)F)nc5ccc(OCF)cc45)O3)CN2C1=O. The molecule has 3 N–H and O–H groups in total. The molecule has 3 aliphatic heterocycles. The van der Waals surface area contributed by atoms with Gasteiger partial charge in [-0.3, -0.25) is 19.1 Å². The summed E-state index contributed by atoms with van der Waals surface area (Å²) in [5.74, 6) is -3.60. The third-order valence-electron chi connectivity index (χ3n) is 12.6. The highest BCUT2D eigenvalue weighted by Gasteiger charge is 2.60. The molecule has 0 unspecified atom stereocenters. The summed E-state index contributed by atoms with van der Waals surface area (Å²) in [6.07, 6.45) is 1.34. The zero-order chi connectivity index (χ0) is 43.3. The summed E-state index contributed by atoms with van der Waals surface area (Å²) in [4.78, 5) is 61.7. The molecular weight excluding hydrogens is 815 g/mol. The highest BCUT2D eigenvalue weighted by Crippen LogP contribution is 2.50. The third-order valence-corrected chi connectivity index (χ3v) is 14.7. The van der Waals surface area contributed by atoms with Gasteiger partial charge in [-0.2, -0.15) is 13.2 Å². The van der Waals surface area contributed by atoms with Crippen molar-refractivity contribution in [1.29, 1.82) is 0 Å². The third kappa shape index (κ3) is 8.46. The smallest absolute Gasteiger partial charge is 0.437 e. The topological polar surface area (TPSA) is 182 Å². The van der Waals surface area contributed by atoms with Gasteiger partial charge >= 0.3 is 12.3 Å². The molecule has 7 rings (SSSR count). The fourth-order valence-electron chi connectivity index (χ4n) is 8.65. The number of alkyl halides is 4. The second kappa shape index (κ2) is 16.3. The number of carbonyl (C=O) groups excluding carboxylic acids is 4. The molecule has 5 aliphatic rings. The van der Waals surface area contributed by atoms with Crippen LogP contribution in [0.3, 0.4) is 0 Å². The standard InChI is InChI=1S/C41H51F4N5O9S/c1-24(2)21-57-37(54)47-30-10-8-6-4-5-7-9-25-13-16-40(25,36(53)49-60(55,56)38(3)17-18-38)48-34(51)31-20-39(22-50(31)35(30)52)15-14-27-28-19-26(58-23-42)11-12-29(28)46-33(32(27)59-39)41(43,44)45/h7,9,11-12,19,24-25,30-31H,4-6,8,10,13-18,20-23H2,1-3H3,(H,47,54)(H,48,51)(H,49,53)/b9-7-/t25-,30+,31+,39-,40-/m1/s1. The zero-order valence-electron chi connectivity index (χ0n) is 33.8. The van der Waals surface area contributed by atoms with Gasteiger partial charge in [-0.05, 0) is 88.8 Å². The number of sulfonamides is 1. The Hall–Kier alpha value is -4.68. The largest absolute Gasteiger partial charge is 0.483 e. The molecule has 1 spiro atoms. The van der Waals surface area contributed by atoms with Crippen LogP contribution in [-0.4, -0.2) is 90.1 Å². The fourth-order valence-corrected chi connectivity index (χ4v) is 9.96. The molecule has 60 heavy (non-hydrogen) atoms. The van der Waals surface area contributed by atoms with Crippen molar-refractivity contribution in [2.75, 3.05) is 20.0 Å². The van der Waals surface area contributed by atoms with Gasteiger partial charge in [0.2, 0.25) is 28.7 Å². The lowest BCUT2D eigenvalue weighted by Crippen LogP contribution is -2.70. The first-order valence-corrected chi connectivity index (χ1v) is 22.0. The summed E-state index contributed by atoms with van der Waals surface area (Å²) in [7, 11) is -4.13. The maximum Gasteiger partial charge on any atom is 0.437 e. The Morgan fingerprint density at radius 2 is 1.87 bits per heavy atom. The van der Waals surface area contributed by atoms with Gasteiger partial charge in [0.1, 0.15) is 29.0 Å². The van der Waals surface area contributed by atoms with Gasteiger partial charge in [0.15, 0.2) is 11.4 Å². The summed E-state index contributed by atoms with van der Waals surface area (Å²) >= 11 is 0. The Bertz CT molecular complexity index is 2180. The van der Waals surface area contributed by atoms with Crippen molar-refractivity contribution >= 4 is 44.7 Å². The Labute approximate surface area is 345 Å². The predicted molar refractivity (Wildman–Crippen MR) is 209 cm³/mol. The number of pyridine rings is 1. The molecule has 0 radical (unpaired) electrons. The number of nitrogens with zero attached hydrogens (tertiary/aromatic N) is 2. The first-order valence-electron chi connectivity index (χ1n) is 20.5. The number of allylic oxidation sites excluding steroid dienone is 1. The molecular formula is C41H51F4N5O9S. The van der Waals surface area contributed by atoms with E-state index in [1.54, 1.807) is 6.08 Å². The molecule has 1 aromatic heterocycles. The number of nitrogens with one attached hydrogen (secondary N) is 3. The van der Waals surface area contributed by atoms with E-state index in [1.807, 2.05) is 19.9 Å². The van der Waals surface area contributed by atoms with Crippen LogP contribution in [0.25, 0.3) is 10.9 Å². The molecule has 2 aromatic rings. The average Bonchev–Trinajstić information content (AvgIpc) is 3.85. The van der Waals surface area contributed by atoms with Gasteiger partial charge in [0.25, 0.3) is 5.91 Å². The van der Waals surface area contributed by atoms with E-state index in [-0.39, 0.29) is 73.4 Å². The summed E-state index contributed by atoms with van der Waals surface area (Å²) in [6, 6.07) is 1.35. The lowest BCUT2D eigenvalue weighted by Gasteiger charge is -2.48. The van der Waals surface area contributed by atoms with Crippen LogP contribution in [0.2, 0.25) is 0 Å². The molecule has 2 saturated carbocycles.